The third-order valence-corrected chi connectivity index (χ3v) is 6.79. The lowest BCUT2D eigenvalue weighted by Crippen LogP contribution is -2.64. The number of carbonyl (C=O) groups is 3. The van der Waals surface area contributed by atoms with Gasteiger partial charge in [0.2, 0.25) is 5.91 Å². The van der Waals surface area contributed by atoms with Crippen molar-refractivity contribution in [2.24, 2.45) is 0 Å². The molecule has 1 fully saturated rings. The molecule has 186 valence electrons. The lowest BCUT2D eigenvalue weighted by Gasteiger charge is -2.44. The molecule has 8 nitrogen and oxygen atoms in total. The summed E-state index contributed by atoms with van der Waals surface area (Å²) in [5, 5.41) is 5.75. The smallest absolute Gasteiger partial charge is 0.274 e. The van der Waals surface area contributed by atoms with Crippen molar-refractivity contribution in [2.75, 3.05) is 0 Å². The summed E-state index contributed by atoms with van der Waals surface area (Å²) in [6.07, 6.45) is 3.07. The lowest BCUT2D eigenvalue weighted by molar-refractivity contribution is -0.133. The van der Waals surface area contributed by atoms with Gasteiger partial charge in [0.25, 0.3) is 11.8 Å². The minimum atomic E-state index is -1.11. The number of carbonyl (C=O) groups excluding carboxylic acids is 3. The van der Waals surface area contributed by atoms with Gasteiger partial charge in [-0.1, -0.05) is 42.0 Å². The van der Waals surface area contributed by atoms with E-state index in [1.54, 1.807) is 28.5 Å². The number of nitrogens with zero attached hydrogens (tertiary/aromatic N) is 3. The molecule has 36 heavy (non-hydrogen) atoms. The van der Waals surface area contributed by atoms with E-state index >= 15 is 0 Å². The first-order valence-corrected chi connectivity index (χ1v) is 12.0. The molecule has 0 saturated heterocycles. The van der Waals surface area contributed by atoms with Crippen LogP contribution in [0, 0.1) is 12.7 Å². The fourth-order valence-electron chi connectivity index (χ4n) is 4.78. The molecule has 2 aliphatic rings. The molecule has 0 radical (unpaired) electrons. The topological polar surface area (TPSA) is 96.3 Å². The molecule has 0 spiro atoms. The van der Waals surface area contributed by atoms with Crippen LogP contribution in [0.25, 0.3) is 0 Å². The Bertz CT molecular complexity index is 1330. The second-order valence-corrected chi connectivity index (χ2v) is 9.73. The number of amides is 3. The van der Waals surface area contributed by atoms with Crippen LogP contribution in [0.5, 0.6) is 0 Å². The van der Waals surface area contributed by atoms with Crippen LogP contribution >= 0.6 is 0 Å². The number of hydrogen-bond acceptors (Lipinski definition) is 4. The molecule has 2 N–H and O–H groups in total. The van der Waals surface area contributed by atoms with Gasteiger partial charge in [-0.25, -0.2) is 9.37 Å². The summed E-state index contributed by atoms with van der Waals surface area (Å²) in [4.78, 5) is 45.9. The average molecular weight is 490 g/mol. The van der Waals surface area contributed by atoms with E-state index in [0.717, 1.165) is 29.5 Å². The Morgan fingerprint density at radius 3 is 2.50 bits per heavy atom. The van der Waals surface area contributed by atoms with Gasteiger partial charge in [0.1, 0.15) is 17.1 Å². The van der Waals surface area contributed by atoms with Gasteiger partial charge in [-0.05, 0) is 49.9 Å². The van der Waals surface area contributed by atoms with E-state index in [-0.39, 0.29) is 48.2 Å². The van der Waals surface area contributed by atoms with Crippen LogP contribution < -0.4 is 10.6 Å². The van der Waals surface area contributed by atoms with Gasteiger partial charge in [0, 0.05) is 19.1 Å². The highest BCUT2D eigenvalue weighted by Gasteiger charge is 2.53. The van der Waals surface area contributed by atoms with Crippen molar-refractivity contribution in [2.45, 2.75) is 57.9 Å². The highest BCUT2D eigenvalue weighted by Crippen LogP contribution is 2.38. The number of imidazole rings is 1. The first kappa shape index (κ1) is 23.7. The quantitative estimate of drug-likeness (QED) is 0.533. The lowest BCUT2D eigenvalue weighted by atomic mass is 9.93. The Balaban J connectivity index is 1.35. The molecule has 3 aromatic rings. The van der Waals surface area contributed by atoms with Crippen molar-refractivity contribution in [3.63, 3.8) is 0 Å². The maximum Gasteiger partial charge on any atom is 0.274 e. The number of fused-ring (bicyclic) bond motifs is 1. The third-order valence-electron chi connectivity index (χ3n) is 6.79. The summed E-state index contributed by atoms with van der Waals surface area (Å²) in [5.41, 5.74) is 1.90. The monoisotopic (exact) mass is 489 g/mol. The molecule has 0 bridgehead atoms. The fourth-order valence-corrected chi connectivity index (χ4v) is 4.78. The molecule has 3 amide bonds. The largest absolute Gasteiger partial charge is 0.350 e. The Morgan fingerprint density at radius 2 is 1.81 bits per heavy atom. The van der Waals surface area contributed by atoms with E-state index in [4.69, 9.17) is 0 Å². The van der Waals surface area contributed by atoms with Crippen LogP contribution in [-0.2, 0) is 24.4 Å². The molecule has 5 rings (SSSR count). The van der Waals surface area contributed by atoms with Crippen molar-refractivity contribution < 1.29 is 18.8 Å². The Kier molecular flexibility index (Phi) is 6.07. The molecule has 0 unspecified atom stereocenters. The van der Waals surface area contributed by atoms with Crippen molar-refractivity contribution >= 4 is 17.7 Å². The number of halogens is 1. The number of aromatic nitrogens is 2. The van der Waals surface area contributed by atoms with Gasteiger partial charge in [-0.3, -0.25) is 14.4 Å². The number of rotatable bonds is 7. The van der Waals surface area contributed by atoms with E-state index in [9.17, 15) is 18.8 Å². The van der Waals surface area contributed by atoms with Crippen LogP contribution in [-0.4, -0.2) is 43.8 Å². The van der Waals surface area contributed by atoms with Crippen LogP contribution in [0.15, 0.2) is 54.9 Å². The van der Waals surface area contributed by atoms with E-state index in [1.807, 2.05) is 31.2 Å². The van der Waals surface area contributed by atoms with Gasteiger partial charge < -0.3 is 20.1 Å². The first-order chi connectivity index (χ1) is 17.3. The number of hydrogen-bond donors (Lipinski definition) is 2. The minimum absolute atomic E-state index is 0.0231. The molecule has 2 heterocycles. The molecular formula is C27H28FN5O3. The summed E-state index contributed by atoms with van der Waals surface area (Å²) in [5.74, 6) is -1.47. The van der Waals surface area contributed by atoms with E-state index in [2.05, 4.69) is 15.6 Å². The van der Waals surface area contributed by atoms with E-state index in [0.29, 0.717) is 6.54 Å². The molecule has 1 aliphatic heterocycles. The fraction of sp³-hybridized carbons (Fsp3) is 0.333. The number of benzene rings is 2. The zero-order chi connectivity index (χ0) is 25.4. The Hall–Kier alpha value is -4.01. The normalized spacial score (nSPS) is 19.1. The van der Waals surface area contributed by atoms with Gasteiger partial charge >= 0.3 is 0 Å². The predicted molar refractivity (Wildman–Crippen MR) is 130 cm³/mol. The molecule has 1 aliphatic carbocycles. The van der Waals surface area contributed by atoms with E-state index in [1.165, 1.54) is 18.5 Å². The van der Waals surface area contributed by atoms with Crippen molar-refractivity contribution in [1.82, 2.24) is 25.1 Å². The standard InChI is InChI=1S/C27H28FN5O3/c1-17-4-3-5-19(12-17)14-30-26(36)27(2)15-32-16-31-22(23(32)25(35)33(27)21-10-11-21)24(34)29-13-18-6-8-20(28)9-7-18/h3-9,12,16,21H,10-11,13-15H2,1-2H3,(H,29,34)(H,30,36)/t27-/m1/s1. The molecule has 1 saturated carbocycles. The van der Waals surface area contributed by atoms with E-state index < -0.39 is 11.4 Å². The number of nitrogens with one attached hydrogen (secondary N) is 2. The van der Waals surface area contributed by atoms with Crippen molar-refractivity contribution in [3.05, 3.63) is 88.8 Å². The average Bonchev–Trinajstić information content (AvgIpc) is 3.59. The maximum absolute atomic E-state index is 13.7. The zero-order valence-electron chi connectivity index (χ0n) is 20.3. The van der Waals surface area contributed by atoms with Gasteiger partial charge in [0.15, 0.2) is 5.69 Å². The molecule has 9 heteroatoms. The van der Waals surface area contributed by atoms with Crippen LogP contribution in [0.1, 0.15) is 57.4 Å². The Labute approximate surface area is 208 Å². The SMILES string of the molecule is Cc1cccc(CNC(=O)[C@@]2(C)Cn3cnc(C(=O)NCc4ccc(F)cc4)c3C(=O)N2C2CC2)c1. The molecular weight excluding hydrogens is 461 g/mol. The number of aryl methyl sites for hydroxylation is 1. The molecule has 1 atom stereocenters. The summed E-state index contributed by atoms with van der Waals surface area (Å²) >= 11 is 0. The highest BCUT2D eigenvalue weighted by molar-refractivity contribution is 6.07. The van der Waals surface area contributed by atoms with Crippen LogP contribution in [0.2, 0.25) is 0 Å². The zero-order valence-corrected chi connectivity index (χ0v) is 20.3. The Morgan fingerprint density at radius 1 is 1.08 bits per heavy atom. The van der Waals surface area contributed by atoms with Gasteiger partial charge in [-0.2, -0.15) is 0 Å². The maximum atomic E-state index is 13.7. The summed E-state index contributed by atoms with van der Waals surface area (Å²) in [6, 6.07) is 13.7. The molecule has 2 aromatic carbocycles. The molecule has 1 aromatic heterocycles. The first-order valence-electron chi connectivity index (χ1n) is 12.0. The van der Waals surface area contributed by atoms with Gasteiger partial charge in [0.05, 0.1) is 12.9 Å². The van der Waals surface area contributed by atoms with Crippen LogP contribution in [0.4, 0.5) is 4.39 Å². The van der Waals surface area contributed by atoms with Crippen molar-refractivity contribution in [1.29, 1.82) is 0 Å². The predicted octanol–water partition coefficient (Wildman–Crippen LogP) is 2.95. The van der Waals surface area contributed by atoms with Gasteiger partial charge in [-0.15, -0.1) is 0 Å². The highest BCUT2D eigenvalue weighted by atomic mass is 19.1. The minimum Gasteiger partial charge on any atom is -0.350 e. The van der Waals surface area contributed by atoms with Crippen molar-refractivity contribution in [3.8, 4) is 0 Å². The van der Waals surface area contributed by atoms with Crippen LogP contribution in [0.3, 0.4) is 0 Å². The summed E-state index contributed by atoms with van der Waals surface area (Å²) in [6.45, 7) is 4.49. The second-order valence-electron chi connectivity index (χ2n) is 9.73. The third kappa shape index (κ3) is 4.48. The summed E-state index contributed by atoms with van der Waals surface area (Å²) < 4.78 is 14.7. The second kappa shape index (κ2) is 9.22. The summed E-state index contributed by atoms with van der Waals surface area (Å²) in [7, 11) is 0.